The van der Waals surface area contributed by atoms with Crippen molar-refractivity contribution in [2.24, 2.45) is 23.7 Å². The van der Waals surface area contributed by atoms with Crippen molar-refractivity contribution in [3.05, 3.63) is 141 Å². The molecule has 8 rings (SSSR count). The van der Waals surface area contributed by atoms with Crippen molar-refractivity contribution in [3.63, 3.8) is 0 Å². The molecule has 0 N–H and O–H groups in total. The maximum atomic E-state index is 13.7. The predicted octanol–water partition coefficient (Wildman–Crippen LogP) is 24.2. The minimum Gasteiger partial charge on any atom is -0.319 e. The van der Waals surface area contributed by atoms with Crippen LogP contribution in [0.4, 0.5) is 57.1 Å². The van der Waals surface area contributed by atoms with Crippen molar-refractivity contribution >= 4 is 0 Å². The van der Waals surface area contributed by atoms with Gasteiger partial charge in [0.25, 0.3) is 0 Å². The van der Waals surface area contributed by atoms with E-state index in [2.05, 4.69) is 45.9 Å². The van der Waals surface area contributed by atoms with Gasteiger partial charge in [-0.3, -0.25) is 17.6 Å². The number of aryl methyl sites for hydroxylation is 1. The van der Waals surface area contributed by atoms with E-state index in [1.165, 1.54) is 126 Å². The van der Waals surface area contributed by atoms with Crippen LogP contribution in [0.25, 0.3) is 0 Å². The van der Waals surface area contributed by atoms with Crippen LogP contribution in [0.3, 0.4) is 0 Å². The fraction of sp³-hybridized carbons (Fsp3) is 0.667. The fourth-order valence-corrected chi connectivity index (χ4v) is 13.0. The molecule has 0 bridgehead atoms. The number of benzene rings is 4. The third kappa shape index (κ3) is 32.5. The summed E-state index contributed by atoms with van der Waals surface area (Å²) < 4.78 is 165. The monoisotopic (exact) mass is 1250 g/mol. The molecule has 15 heteroatoms. The van der Waals surface area contributed by atoms with Crippen LogP contribution in [-0.4, -0.2) is 54.1 Å². The highest BCUT2D eigenvalue weighted by molar-refractivity contribution is 5.29. The van der Waals surface area contributed by atoms with Crippen LogP contribution in [0, 0.1) is 66.6 Å². The third-order valence-electron chi connectivity index (χ3n) is 18.2. The summed E-state index contributed by atoms with van der Waals surface area (Å²) in [6.07, 6.45) is 32.6. The van der Waals surface area contributed by atoms with Crippen molar-refractivity contribution in [1.82, 2.24) is 0 Å². The van der Waals surface area contributed by atoms with Crippen LogP contribution in [0.15, 0.2) is 78.9 Å². The first-order chi connectivity index (χ1) is 42.2. The Balaban J connectivity index is 0.000000289. The highest BCUT2D eigenvalue weighted by Crippen LogP contribution is 2.42. The van der Waals surface area contributed by atoms with Gasteiger partial charge >= 0.3 is 0 Å². The minimum atomic E-state index is -1.03. The molecule has 0 saturated heterocycles. The molecule has 4 saturated carbocycles. The second-order valence-corrected chi connectivity index (χ2v) is 24.4. The smallest absolute Gasteiger partial charge is 0.191 e. The molecule has 4 aliphatic rings. The van der Waals surface area contributed by atoms with Crippen LogP contribution in [0.5, 0.6) is 0 Å². The normalized spacial score (nSPS) is 21.6. The zero-order chi connectivity index (χ0) is 63.4. The first kappa shape index (κ1) is 77.1. The molecule has 0 atom stereocenters. The van der Waals surface area contributed by atoms with Crippen LogP contribution >= 0.6 is 0 Å². The molecule has 0 heterocycles. The molecule has 0 aromatic heterocycles. The number of hydrogen-bond donors (Lipinski definition) is 0. The molecule has 4 aliphatic carbocycles. The van der Waals surface area contributed by atoms with E-state index in [0.29, 0.717) is 36.5 Å². The topological polar surface area (TPSA) is 18.5 Å². The SMILES string of the molecule is Cc1c(F)cc(C2CCC(CCCF)CC2)cc1F.Cc1ccc(C2CCC(CCCCCCCF)CC2)cc1F.FCCCC1CCC(c2ccccc2)CC1.FCCCCCC1CCC(c2cc(F)cc(F)c2)CC1.FCOCF.FCOCF. The van der Waals surface area contributed by atoms with E-state index >= 15 is 0 Å². The van der Waals surface area contributed by atoms with Gasteiger partial charge in [0.15, 0.2) is 27.4 Å². The predicted molar refractivity (Wildman–Crippen MR) is 328 cm³/mol. The Kier molecular flexibility index (Phi) is 42.4. The summed E-state index contributed by atoms with van der Waals surface area (Å²) in [7, 11) is 0. The van der Waals surface area contributed by atoms with E-state index in [1.54, 1.807) is 6.07 Å². The molecular formula is C72H103F13O2. The fourth-order valence-electron chi connectivity index (χ4n) is 13.0. The van der Waals surface area contributed by atoms with E-state index in [9.17, 15) is 57.1 Å². The van der Waals surface area contributed by atoms with Gasteiger partial charge in [-0.25, -0.2) is 39.5 Å². The minimum absolute atomic E-state index is 0.0621. The maximum absolute atomic E-state index is 13.7. The van der Waals surface area contributed by atoms with Gasteiger partial charge in [0.1, 0.15) is 29.1 Å². The van der Waals surface area contributed by atoms with Crippen LogP contribution in [0.2, 0.25) is 0 Å². The average Bonchev–Trinajstić information content (AvgIpc) is 3.65. The number of hydrogen-bond acceptors (Lipinski definition) is 2. The van der Waals surface area contributed by atoms with Crippen molar-refractivity contribution in [2.45, 2.75) is 230 Å². The third-order valence-corrected chi connectivity index (χ3v) is 18.2. The summed E-state index contributed by atoms with van der Waals surface area (Å²) in [5.74, 6) is 2.88. The molecule has 87 heavy (non-hydrogen) atoms. The summed E-state index contributed by atoms with van der Waals surface area (Å²) in [6.45, 7) is -1.60. The zero-order valence-corrected chi connectivity index (χ0v) is 52.2. The van der Waals surface area contributed by atoms with Gasteiger partial charge in [-0.1, -0.05) is 93.8 Å². The summed E-state index contributed by atoms with van der Waals surface area (Å²) in [4.78, 5) is 0. The number of alkyl halides is 8. The lowest BCUT2D eigenvalue weighted by Crippen LogP contribution is -2.14. The number of rotatable bonds is 26. The molecule has 4 aromatic rings. The molecule has 4 fully saturated rings. The molecule has 0 aliphatic heterocycles. The molecule has 0 radical (unpaired) electrons. The summed E-state index contributed by atoms with van der Waals surface area (Å²) in [5.41, 5.74) is 5.10. The lowest BCUT2D eigenvalue weighted by molar-refractivity contribution is 0.00260. The first-order valence-corrected chi connectivity index (χ1v) is 32.6. The molecule has 0 amide bonds. The summed E-state index contributed by atoms with van der Waals surface area (Å²) >= 11 is 0. The Morgan fingerprint density at radius 3 is 1.00 bits per heavy atom. The average molecular weight is 1250 g/mol. The van der Waals surface area contributed by atoms with Crippen molar-refractivity contribution < 1.29 is 66.5 Å². The van der Waals surface area contributed by atoms with Gasteiger partial charge in [-0.05, 0) is 261 Å². The van der Waals surface area contributed by atoms with Gasteiger partial charge in [0.05, 0.1) is 26.7 Å². The van der Waals surface area contributed by atoms with E-state index < -0.39 is 50.7 Å². The Labute approximate surface area is 514 Å². The van der Waals surface area contributed by atoms with Crippen LogP contribution in [-0.2, 0) is 9.47 Å². The zero-order valence-electron chi connectivity index (χ0n) is 52.2. The molecule has 0 unspecified atom stereocenters. The van der Waals surface area contributed by atoms with Crippen molar-refractivity contribution in [2.75, 3.05) is 54.1 Å². The Morgan fingerprint density at radius 1 is 0.310 bits per heavy atom. The second kappa shape index (κ2) is 47.8. The van der Waals surface area contributed by atoms with Crippen molar-refractivity contribution in [3.8, 4) is 0 Å². The van der Waals surface area contributed by atoms with Crippen LogP contribution in [0.1, 0.15) is 250 Å². The maximum Gasteiger partial charge on any atom is 0.191 e. The van der Waals surface area contributed by atoms with E-state index in [1.807, 2.05) is 13.0 Å². The van der Waals surface area contributed by atoms with E-state index in [-0.39, 0.29) is 44.0 Å². The molecule has 494 valence electrons. The quantitative estimate of drug-likeness (QED) is 0.0461. The van der Waals surface area contributed by atoms with Gasteiger partial charge in [-0.15, -0.1) is 0 Å². The molecule has 2 nitrogen and oxygen atoms in total. The molecule has 4 aromatic carbocycles. The van der Waals surface area contributed by atoms with E-state index in [4.69, 9.17) is 0 Å². The van der Waals surface area contributed by atoms with Gasteiger partial charge in [-0.2, -0.15) is 0 Å². The lowest BCUT2D eigenvalue weighted by Gasteiger charge is -2.29. The number of unbranched alkanes of at least 4 members (excludes halogenated alkanes) is 6. The standard InChI is InChI=1S/C20H30F2.C17H23F3.C16H21F3.C15H21F.2C2H4F2O/c1-16-8-11-19(15-20(16)22)18-12-9-17(10-13-18)7-5-3-2-4-6-14-21;18-9-3-1-2-4-13-5-7-14(8-6-13)15-10-16(19)12-17(20)11-15;1-11-15(18)9-14(10-16(11)19)13-6-4-12(5-7-13)3-2-8-17;16-12-4-5-13-8-10-15(11-9-13)14-6-2-1-3-7-14;2*3-1-5-2-4/h8,11,15,17-18H,2-7,9-10,12-14H2,1H3;10-14H,1-9H2;9-10,12-13H,2-8H2,1H3;1-3,6-7,13,15H,4-5,8-12H2;2*1-2H2. The lowest BCUT2D eigenvalue weighted by atomic mass is 9.77. The van der Waals surface area contributed by atoms with Gasteiger partial charge in [0.2, 0.25) is 0 Å². The van der Waals surface area contributed by atoms with Gasteiger partial charge in [0, 0.05) is 11.6 Å². The Morgan fingerprint density at radius 2 is 0.632 bits per heavy atom. The summed E-state index contributed by atoms with van der Waals surface area (Å²) in [6, 6.07) is 23.4. The first-order valence-electron chi connectivity index (χ1n) is 32.6. The molecular weight excluding hydrogens is 1140 g/mol. The Hall–Kier alpha value is -4.11. The van der Waals surface area contributed by atoms with Crippen molar-refractivity contribution in [1.29, 1.82) is 0 Å². The molecule has 0 spiro atoms. The van der Waals surface area contributed by atoms with Gasteiger partial charge < -0.3 is 9.47 Å². The van der Waals surface area contributed by atoms with E-state index in [0.717, 1.165) is 137 Å². The number of ether oxygens (including phenoxy) is 2. The largest absolute Gasteiger partial charge is 0.319 e. The van der Waals surface area contributed by atoms with Crippen LogP contribution < -0.4 is 0 Å². The second-order valence-electron chi connectivity index (χ2n) is 24.4. The highest BCUT2D eigenvalue weighted by atomic mass is 19.2. The number of halogens is 13. The summed E-state index contributed by atoms with van der Waals surface area (Å²) in [5, 5.41) is 0. The Bertz CT molecular complexity index is 2240. The highest BCUT2D eigenvalue weighted by Gasteiger charge is 2.26.